The molecule has 0 bridgehead atoms. The zero-order valence-electron chi connectivity index (χ0n) is 10.9. The van der Waals surface area contributed by atoms with Crippen molar-refractivity contribution in [2.45, 2.75) is 13.2 Å². The van der Waals surface area contributed by atoms with Gasteiger partial charge in [0.2, 0.25) is 0 Å². The van der Waals surface area contributed by atoms with Crippen molar-refractivity contribution in [3.63, 3.8) is 0 Å². The van der Waals surface area contributed by atoms with E-state index in [1.165, 1.54) is 0 Å². The van der Waals surface area contributed by atoms with E-state index < -0.39 is 5.97 Å². The molecule has 0 amide bonds. The summed E-state index contributed by atoms with van der Waals surface area (Å²) in [6.45, 7) is 0.743. The van der Waals surface area contributed by atoms with Gasteiger partial charge in [-0.05, 0) is 11.1 Å². The number of ether oxygens (including phenoxy) is 1. The van der Waals surface area contributed by atoms with Gasteiger partial charge in [0.15, 0.2) is 4.99 Å². The fraction of sp³-hybridized carbons (Fsp3) is 0.125. The first kappa shape index (κ1) is 14.2. The van der Waals surface area contributed by atoms with E-state index in [1.54, 1.807) is 0 Å². The third-order valence-corrected chi connectivity index (χ3v) is 3.01. The second kappa shape index (κ2) is 7.40. The highest BCUT2D eigenvalue weighted by Gasteiger charge is 2.10. The van der Waals surface area contributed by atoms with Crippen LogP contribution in [0.4, 0.5) is 0 Å². The number of carbonyl (C=O) groups is 1. The normalized spacial score (nSPS) is 9.80. The molecular formula is C16H15NO2S. The SMILES string of the molecule is O=C(OCc1ccccc1)C(=S)NCc1ccccc1. The van der Waals surface area contributed by atoms with E-state index in [0.29, 0.717) is 6.54 Å². The average Bonchev–Trinajstić information content (AvgIpc) is 2.52. The van der Waals surface area contributed by atoms with Gasteiger partial charge in [-0.1, -0.05) is 72.9 Å². The Hall–Kier alpha value is -2.20. The van der Waals surface area contributed by atoms with Gasteiger partial charge in [-0.3, -0.25) is 0 Å². The average molecular weight is 285 g/mol. The molecule has 0 heterocycles. The first-order valence-electron chi connectivity index (χ1n) is 6.28. The second-order valence-electron chi connectivity index (χ2n) is 4.23. The molecule has 4 heteroatoms. The van der Waals surface area contributed by atoms with Gasteiger partial charge < -0.3 is 10.1 Å². The van der Waals surface area contributed by atoms with Crippen LogP contribution in [0.25, 0.3) is 0 Å². The Bertz CT molecular complexity index is 516. The zero-order valence-corrected chi connectivity index (χ0v) is 11.7. The lowest BCUT2D eigenvalue weighted by atomic mass is 10.2. The van der Waals surface area contributed by atoms with Crippen molar-refractivity contribution in [1.29, 1.82) is 0 Å². The summed E-state index contributed by atoms with van der Waals surface area (Å²) in [6.07, 6.45) is 0. The van der Waals surface area contributed by atoms with Crippen LogP contribution in [0.15, 0.2) is 60.7 Å². The minimum atomic E-state index is -0.500. The third-order valence-electron chi connectivity index (χ3n) is 2.69. The standard InChI is InChI=1S/C16H15NO2S/c18-16(19-12-14-9-5-2-6-10-14)15(20)17-11-13-7-3-1-4-8-13/h1-10H,11-12H2,(H,17,20). The largest absolute Gasteiger partial charge is 0.456 e. The van der Waals surface area contributed by atoms with Gasteiger partial charge in [-0.2, -0.15) is 0 Å². The molecule has 2 rings (SSSR count). The lowest BCUT2D eigenvalue weighted by molar-refractivity contribution is -0.136. The summed E-state index contributed by atoms with van der Waals surface area (Å²) < 4.78 is 5.14. The summed E-state index contributed by atoms with van der Waals surface area (Å²) in [5, 5.41) is 2.89. The lowest BCUT2D eigenvalue weighted by Crippen LogP contribution is -2.30. The molecule has 20 heavy (non-hydrogen) atoms. The Kier molecular flexibility index (Phi) is 5.26. The molecular weight excluding hydrogens is 270 g/mol. The van der Waals surface area contributed by atoms with E-state index in [4.69, 9.17) is 17.0 Å². The van der Waals surface area contributed by atoms with Crippen molar-refractivity contribution in [3.8, 4) is 0 Å². The first-order valence-corrected chi connectivity index (χ1v) is 6.69. The molecule has 1 N–H and O–H groups in total. The molecule has 0 radical (unpaired) electrons. The monoisotopic (exact) mass is 285 g/mol. The Morgan fingerprint density at radius 2 is 1.50 bits per heavy atom. The molecule has 2 aromatic rings. The van der Waals surface area contributed by atoms with Crippen molar-refractivity contribution in [2.24, 2.45) is 0 Å². The third kappa shape index (κ3) is 4.48. The molecule has 0 spiro atoms. The number of nitrogens with one attached hydrogen (secondary N) is 1. The molecule has 0 aromatic heterocycles. The lowest BCUT2D eigenvalue weighted by Gasteiger charge is -2.08. The summed E-state index contributed by atoms with van der Waals surface area (Å²) in [7, 11) is 0. The molecule has 3 nitrogen and oxygen atoms in total. The van der Waals surface area contributed by atoms with Crippen LogP contribution >= 0.6 is 12.2 Å². The quantitative estimate of drug-likeness (QED) is 0.692. The Labute approximate surface area is 123 Å². The van der Waals surface area contributed by atoms with E-state index in [-0.39, 0.29) is 11.6 Å². The van der Waals surface area contributed by atoms with Gasteiger partial charge in [0.1, 0.15) is 6.61 Å². The van der Waals surface area contributed by atoms with Crippen molar-refractivity contribution in [3.05, 3.63) is 71.8 Å². The van der Waals surface area contributed by atoms with Gasteiger partial charge in [0, 0.05) is 6.54 Å². The van der Waals surface area contributed by atoms with Gasteiger partial charge >= 0.3 is 5.97 Å². The smallest absolute Gasteiger partial charge is 0.366 e. The fourth-order valence-corrected chi connectivity index (χ4v) is 1.77. The van der Waals surface area contributed by atoms with Crippen LogP contribution in [0.1, 0.15) is 11.1 Å². The minimum Gasteiger partial charge on any atom is -0.456 e. The van der Waals surface area contributed by atoms with Crippen LogP contribution in [0, 0.1) is 0 Å². The van der Waals surface area contributed by atoms with Crippen LogP contribution in [-0.4, -0.2) is 11.0 Å². The first-order chi connectivity index (χ1) is 9.75. The van der Waals surface area contributed by atoms with Gasteiger partial charge in [-0.15, -0.1) is 0 Å². The van der Waals surface area contributed by atoms with Crippen LogP contribution in [-0.2, 0) is 22.7 Å². The van der Waals surface area contributed by atoms with Gasteiger partial charge in [0.05, 0.1) is 0 Å². The fourth-order valence-electron chi connectivity index (χ4n) is 1.64. The summed E-state index contributed by atoms with van der Waals surface area (Å²) in [5.74, 6) is -0.500. The number of hydrogen-bond donors (Lipinski definition) is 1. The van der Waals surface area contributed by atoms with Crippen LogP contribution in [0.5, 0.6) is 0 Å². The van der Waals surface area contributed by atoms with E-state index in [9.17, 15) is 4.79 Å². The molecule has 2 aromatic carbocycles. The Morgan fingerprint density at radius 3 is 2.10 bits per heavy atom. The van der Waals surface area contributed by atoms with Crippen LogP contribution < -0.4 is 5.32 Å². The summed E-state index contributed by atoms with van der Waals surface area (Å²) in [5.41, 5.74) is 2.00. The maximum atomic E-state index is 11.7. The number of thiocarbonyl (C=S) groups is 1. The number of benzene rings is 2. The number of esters is 1. The summed E-state index contributed by atoms with van der Waals surface area (Å²) in [6, 6.07) is 19.2. The van der Waals surface area contributed by atoms with Gasteiger partial charge in [0.25, 0.3) is 0 Å². The molecule has 102 valence electrons. The maximum absolute atomic E-state index is 11.7. The predicted molar refractivity (Wildman–Crippen MR) is 82.1 cm³/mol. The van der Waals surface area contributed by atoms with Crippen LogP contribution in [0.3, 0.4) is 0 Å². The molecule has 0 aliphatic carbocycles. The molecule has 0 unspecified atom stereocenters. The molecule has 0 saturated carbocycles. The van der Waals surface area contributed by atoms with Gasteiger partial charge in [-0.25, -0.2) is 4.79 Å². The van der Waals surface area contributed by atoms with Crippen molar-refractivity contribution >= 4 is 23.2 Å². The molecule has 0 aliphatic heterocycles. The predicted octanol–water partition coefficient (Wildman–Crippen LogP) is 2.85. The van der Waals surface area contributed by atoms with Crippen molar-refractivity contribution < 1.29 is 9.53 Å². The van der Waals surface area contributed by atoms with E-state index in [1.807, 2.05) is 60.7 Å². The highest BCUT2D eigenvalue weighted by molar-refractivity contribution is 7.81. The highest BCUT2D eigenvalue weighted by atomic mass is 32.1. The number of rotatable bonds is 4. The molecule has 0 atom stereocenters. The number of carbonyl (C=O) groups excluding carboxylic acids is 1. The second-order valence-corrected chi connectivity index (χ2v) is 4.64. The summed E-state index contributed by atoms with van der Waals surface area (Å²) >= 11 is 5.01. The minimum absolute atomic E-state index is 0.102. The summed E-state index contributed by atoms with van der Waals surface area (Å²) in [4.78, 5) is 11.8. The van der Waals surface area contributed by atoms with E-state index in [0.717, 1.165) is 11.1 Å². The van der Waals surface area contributed by atoms with Crippen LogP contribution in [0.2, 0.25) is 0 Å². The van der Waals surface area contributed by atoms with E-state index >= 15 is 0 Å². The van der Waals surface area contributed by atoms with Crippen molar-refractivity contribution in [2.75, 3.05) is 0 Å². The highest BCUT2D eigenvalue weighted by Crippen LogP contribution is 2.01. The number of hydrogen-bond acceptors (Lipinski definition) is 3. The maximum Gasteiger partial charge on any atom is 0.366 e. The topological polar surface area (TPSA) is 38.3 Å². The zero-order chi connectivity index (χ0) is 14.2. The molecule has 0 saturated heterocycles. The van der Waals surface area contributed by atoms with Crippen molar-refractivity contribution in [1.82, 2.24) is 5.32 Å². The van der Waals surface area contributed by atoms with E-state index in [2.05, 4.69) is 5.32 Å². The molecule has 0 aliphatic rings. The molecule has 0 fully saturated rings. The Morgan fingerprint density at radius 1 is 0.950 bits per heavy atom. The Balaban J connectivity index is 1.76.